The summed E-state index contributed by atoms with van der Waals surface area (Å²) in [5, 5.41) is 5.08. The number of methoxy groups -OCH3 is 2. The normalized spacial score (nSPS) is 10.6. The van der Waals surface area contributed by atoms with E-state index in [1.807, 2.05) is 0 Å². The van der Waals surface area contributed by atoms with Gasteiger partial charge in [-0.25, -0.2) is 13.8 Å². The molecule has 34 heavy (non-hydrogen) atoms. The van der Waals surface area contributed by atoms with E-state index in [-0.39, 0.29) is 18.2 Å². The average Bonchev–Trinajstić information content (AvgIpc) is 3.33. The maximum Gasteiger partial charge on any atom is 0.275 e. The molecule has 3 aromatic carbocycles. The number of aromatic nitrogens is 1. The molecule has 0 saturated heterocycles. The standard InChI is InChI=1S/C25H20F2N2O4S/c1-31-20-5-3-4-19(12-20)28-24(30)21-14-34-25(29-21)16-6-7-22(23(10-16)32-2)33-13-15-8-17(26)11-18(27)9-15/h3-12,14H,13H2,1-2H3,(H,28,30). The van der Waals surface area contributed by atoms with Crippen molar-refractivity contribution in [3.63, 3.8) is 0 Å². The number of benzene rings is 3. The molecule has 0 radical (unpaired) electrons. The molecule has 4 rings (SSSR count). The van der Waals surface area contributed by atoms with Gasteiger partial charge in [-0.2, -0.15) is 0 Å². The van der Waals surface area contributed by atoms with Crippen molar-refractivity contribution in [3.05, 3.63) is 88.9 Å². The summed E-state index contributed by atoms with van der Waals surface area (Å²) in [5.41, 5.74) is 1.96. The molecule has 0 aliphatic carbocycles. The van der Waals surface area contributed by atoms with Gasteiger partial charge < -0.3 is 19.5 Å². The Hall–Kier alpha value is -3.98. The van der Waals surface area contributed by atoms with Gasteiger partial charge in [0.1, 0.15) is 34.7 Å². The quantitative estimate of drug-likeness (QED) is 0.337. The van der Waals surface area contributed by atoms with Crippen LogP contribution in [0.3, 0.4) is 0 Å². The van der Waals surface area contributed by atoms with Gasteiger partial charge in [0.05, 0.1) is 14.2 Å². The third-order valence-electron chi connectivity index (χ3n) is 4.79. The number of amides is 1. The van der Waals surface area contributed by atoms with Crippen LogP contribution in [-0.2, 0) is 6.61 Å². The lowest BCUT2D eigenvalue weighted by atomic mass is 10.2. The van der Waals surface area contributed by atoms with Crippen molar-refractivity contribution in [2.45, 2.75) is 6.61 Å². The van der Waals surface area contributed by atoms with Crippen LogP contribution in [-0.4, -0.2) is 25.1 Å². The molecule has 0 unspecified atom stereocenters. The van der Waals surface area contributed by atoms with E-state index in [0.29, 0.717) is 33.5 Å². The van der Waals surface area contributed by atoms with E-state index in [1.54, 1.807) is 55.0 Å². The van der Waals surface area contributed by atoms with E-state index in [9.17, 15) is 13.6 Å². The van der Waals surface area contributed by atoms with Crippen molar-refractivity contribution in [2.75, 3.05) is 19.5 Å². The minimum absolute atomic E-state index is 0.0315. The van der Waals surface area contributed by atoms with E-state index in [2.05, 4.69) is 10.3 Å². The smallest absolute Gasteiger partial charge is 0.275 e. The van der Waals surface area contributed by atoms with Crippen molar-refractivity contribution < 1.29 is 27.8 Å². The number of hydrogen-bond acceptors (Lipinski definition) is 6. The van der Waals surface area contributed by atoms with E-state index in [4.69, 9.17) is 14.2 Å². The third-order valence-corrected chi connectivity index (χ3v) is 5.68. The van der Waals surface area contributed by atoms with Gasteiger partial charge in [-0.15, -0.1) is 11.3 Å². The first kappa shape index (κ1) is 23.2. The lowest BCUT2D eigenvalue weighted by Crippen LogP contribution is -2.12. The molecule has 0 fully saturated rings. The molecule has 1 aromatic heterocycles. The number of nitrogens with one attached hydrogen (secondary N) is 1. The van der Waals surface area contributed by atoms with Crippen molar-refractivity contribution in [3.8, 4) is 27.8 Å². The molecule has 1 N–H and O–H groups in total. The van der Waals surface area contributed by atoms with E-state index in [1.165, 1.54) is 30.6 Å². The van der Waals surface area contributed by atoms with Gasteiger partial charge in [0.15, 0.2) is 11.5 Å². The van der Waals surface area contributed by atoms with Gasteiger partial charge in [0.25, 0.3) is 5.91 Å². The second kappa shape index (κ2) is 10.3. The topological polar surface area (TPSA) is 69.7 Å². The SMILES string of the molecule is COc1cccc(NC(=O)c2csc(-c3ccc(OCc4cc(F)cc(F)c4)c(OC)c3)n2)c1. The summed E-state index contributed by atoms with van der Waals surface area (Å²) in [6.45, 7) is -0.0315. The molecule has 6 nitrogen and oxygen atoms in total. The lowest BCUT2D eigenvalue weighted by molar-refractivity contribution is 0.102. The molecule has 0 aliphatic heterocycles. The zero-order chi connectivity index (χ0) is 24.1. The molecule has 0 saturated carbocycles. The van der Waals surface area contributed by atoms with Crippen LogP contribution in [0.1, 0.15) is 16.1 Å². The summed E-state index contributed by atoms with van der Waals surface area (Å²) >= 11 is 1.31. The highest BCUT2D eigenvalue weighted by Crippen LogP contribution is 2.34. The minimum Gasteiger partial charge on any atom is -0.497 e. The summed E-state index contributed by atoms with van der Waals surface area (Å²) in [6.07, 6.45) is 0. The number of ether oxygens (including phenoxy) is 3. The van der Waals surface area contributed by atoms with Gasteiger partial charge in [0, 0.05) is 28.8 Å². The maximum atomic E-state index is 13.4. The Morgan fingerprint density at radius 2 is 1.76 bits per heavy atom. The summed E-state index contributed by atoms with van der Waals surface area (Å²) in [7, 11) is 3.04. The number of hydrogen-bond donors (Lipinski definition) is 1. The van der Waals surface area contributed by atoms with Crippen LogP contribution in [0.25, 0.3) is 10.6 Å². The molecular weight excluding hydrogens is 462 g/mol. The third kappa shape index (κ3) is 5.49. The van der Waals surface area contributed by atoms with E-state index >= 15 is 0 Å². The summed E-state index contributed by atoms with van der Waals surface area (Å²) < 4.78 is 43.1. The second-order valence-electron chi connectivity index (χ2n) is 7.16. The molecule has 1 heterocycles. The fourth-order valence-corrected chi connectivity index (χ4v) is 3.98. The number of anilines is 1. The molecule has 4 aromatic rings. The molecule has 0 atom stereocenters. The number of carbonyl (C=O) groups excluding carboxylic acids is 1. The van der Waals surface area contributed by atoms with Gasteiger partial charge in [-0.1, -0.05) is 6.07 Å². The predicted octanol–water partition coefficient (Wildman–Crippen LogP) is 5.94. The van der Waals surface area contributed by atoms with Crippen molar-refractivity contribution in [1.29, 1.82) is 0 Å². The highest BCUT2D eigenvalue weighted by atomic mass is 32.1. The number of thiazole rings is 1. The van der Waals surface area contributed by atoms with E-state index in [0.717, 1.165) is 11.6 Å². The van der Waals surface area contributed by atoms with Gasteiger partial charge >= 0.3 is 0 Å². The molecular formula is C25H20F2N2O4S. The Balaban J connectivity index is 1.47. The molecule has 1 amide bonds. The summed E-state index contributed by atoms with van der Waals surface area (Å²) in [4.78, 5) is 17.0. The second-order valence-corrected chi connectivity index (χ2v) is 8.01. The first-order valence-electron chi connectivity index (χ1n) is 10.1. The average molecular weight is 483 g/mol. The Bertz CT molecular complexity index is 1310. The first-order chi connectivity index (χ1) is 16.4. The summed E-state index contributed by atoms with van der Waals surface area (Å²) in [6, 6.07) is 15.4. The van der Waals surface area contributed by atoms with Gasteiger partial charge in [-0.05, 0) is 48.0 Å². The zero-order valence-corrected chi connectivity index (χ0v) is 19.1. The Morgan fingerprint density at radius 1 is 0.971 bits per heavy atom. The van der Waals surface area contributed by atoms with Crippen LogP contribution in [0.5, 0.6) is 17.2 Å². The predicted molar refractivity (Wildman–Crippen MR) is 126 cm³/mol. The minimum atomic E-state index is -0.670. The zero-order valence-electron chi connectivity index (χ0n) is 18.3. The number of rotatable bonds is 8. The highest BCUT2D eigenvalue weighted by Gasteiger charge is 2.15. The van der Waals surface area contributed by atoms with E-state index < -0.39 is 11.6 Å². The van der Waals surface area contributed by atoms with Crippen LogP contribution < -0.4 is 19.5 Å². The number of nitrogens with zero attached hydrogens (tertiary/aromatic N) is 1. The van der Waals surface area contributed by atoms with Crippen molar-refractivity contribution >= 4 is 22.9 Å². The lowest BCUT2D eigenvalue weighted by Gasteiger charge is -2.12. The number of halogens is 2. The van der Waals surface area contributed by atoms with Gasteiger partial charge in [0.2, 0.25) is 0 Å². The largest absolute Gasteiger partial charge is 0.497 e. The Labute approximate surface area is 198 Å². The van der Waals surface area contributed by atoms with Crippen LogP contribution in [0.4, 0.5) is 14.5 Å². The van der Waals surface area contributed by atoms with Crippen molar-refractivity contribution in [2.24, 2.45) is 0 Å². The van der Waals surface area contributed by atoms with Crippen molar-refractivity contribution in [1.82, 2.24) is 4.98 Å². The number of carbonyl (C=O) groups is 1. The summed E-state index contributed by atoms with van der Waals surface area (Å²) in [5.74, 6) is -0.221. The Kier molecular flexibility index (Phi) is 7.03. The molecule has 0 bridgehead atoms. The maximum absolute atomic E-state index is 13.4. The molecule has 174 valence electrons. The fraction of sp³-hybridized carbons (Fsp3) is 0.120. The van der Waals surface area contributed by atoms with Crippen LogP contribution >= 0.6 is 11.3 Å². The van der Waals surface area contributed by atoms with Crippen LogP contribution in [0.15, 0.2) is 66.0 Å². The van der Waals surface area contributed by atoms with Crippen LogP contribution in [0, 0.1) is 11.6 Å². The van der Waals surface area contributed by atoms with Crippen LogP contribution in [0.2, 0.25) is 0 Å². The highest BCUT2D eigenvalue weighted by molar-refractivity contribution is 7.13. The molecule has 0 spiro atoms. The monoisotopic (exact) mass is 482 g/mol. The molecule has 9 heteroatoms. The first-order valence-corrected chi connectivity index (χ1v) is 11.0. The fourth-order valence-electron chi connectivity index (χ4n) is 3.18. The molecule has 0 aliphatic rings. The van der Waals surface area contributed by atoms with Gasteiger partial charge in [-0.3, -0.25) is 4.79 Å². The Morgan fingerprint density at radius 3 is 2.50 bits per heavy atom.